The Morgan fingerprint density at radius 2 is 1.75 bits per heavy atom. The van der Waals surface area contributed by atoms with Crippen LogP contribution in [0.1, 0.15) is 0 Å². The summed E-state index contributed by atoms with van der Waals surface area (Å²) in [7, 11) is 2.17. The first kappa shape index (κ1) is 22.9. The Hall–Kier alpha value is -1.05. The minimum atomic E-state index is 0. The van der Waals surface area contributed by atoms with Crippen molar-refractivity contribution >= 4 is 42.9 Å². The van der Waals surface area contributed by atoms with Gasteiger partial charge >= 0.3 is 0 Å². The molecule has 1 saturated heterocycles. The fourth-order valence-electron chi connectivity index (χ4n) is 2.57. The molecule has 2 aromatic heterocycles. The van der Waals surface area contributed by atoms with Crippen molar-refractivity contribution in [3.05, 3.63) is 30.6 Å². The minimum Gasteiger partial charge on any atom is -0.396 e. The minimum absolute atomic E-state index is 0. The molecule has 2 N–H and O–H groups in total. The van der Waals surface area contributed by atoms with Gasteiger partial charge in [-0.3, -0.25) is 14.6 Å². The van der Waals surface area contributed by atoms with E-state index >= 15 is 0 Å². The number of nitrogens with zero attached hydrogens (tertiary/aromatic N) is 5. The topological polar surface area (TPSA) is 63.2 Å². The Morgan fingerprint density at radius 1 is 1.04 bits per heavy atom. The van der Waals surface area contributed by atoms with Crippen LogP contribution in [-0.2, 0) is 6.54 Å². The van der Waals surface area contributed by atoms with Crippen LogP contribution in [0.25, 0.3) is 11.4 Å². The molecule has 9 heteroatoms. The molecule has 0 amide bonds. The molecular weight excluding hydrogens is 371 g/mol. The fraction of sp³-hybridized carbons (Fsp3) is 0.467. The predicted molar refractivity (Wildman–Crippen MR) is 106 cm³/mol. The highest BCUT2D eigenvalue weighted by Crippen LogP contribution is 2.21. The van der Waals surface area contributed by atoms with Gasteiger partial charge in [0.2, 0.25) is 0 Å². The zero-order chi connectivity index (χ0) is 14.7. The number of hydrogen-bond donors (Lipinski definition) is 1. The summed E-state index contributed by atoms with van der Waals surface area (Å²) in [6.07, 6.45) is 3.66. The van der Waals surface area contributed by atoms with Crippen LogP contribution in [0.5, 0.6) is 0 Å². The third kappa shape index (κ3) is 5.79. The first-order valence-corrected chi connectivity index (χ1v) is 7.37. The van der Waals surface area contributed by atoms with Gasteiger partial charge in [0, 0.05) is 45.1 Å². The number of halogens is 3. The van der Waals surface area contributed by atoms with Gasteiger partial charge in [0.05, 0.1) is 17.9 Å². The molecule has 6 nitrogen and oxygen atoms in total. The lowest BCUT2D eigenvalue weighted by Gasteiger charge is -2.32. The quantitative estimate of drug-likeness (QED) is 0.858. The van der Waals surface area contributed by atoms with Crippen LogP contribution in [-0.4, -0.2) is 64.3 Å². The predicted octanol–water partition coefficient (Wildman–Crippen LogP) is 2.04. The maximum atomic E-state index is 6.06. The largest absolute Gasteiger partial charge is 0.396 e. The van der Waals surface area contributed by atoms with Crippen molar-refractivity contribution in [1.82, 2.24) is 24.6 Å². The third-order valence-electron chi connectivity index (χ3n) is 3.94. The number of nitrogens with two attached hydrogens (primary N) is 1. The van der Waals surface area contributed by atoms with Gasteiger partial charge in [-0.1, -0.05) is 6.07 Å². The van der Waals surface area contributed by atoms with Gasteiger partial charge in [0.15, 0.2) is 0 Å². The Labute approximate surface area is 161 Å². The lowest BCUT2D eigenvalue weighted by molar-refractivity contribution is 0.149. The molecule has 3 heterocycles. The van der Waals surface area contributed by atoms with Crippen LogP contribution in [0, 0.1) is 0 Å². The molecule has 2 aromatic rings. The second-order valence-electron chi connectivity index (χ2n) is 5.56. The second-order valence-corrected chi connectivity index (χ2v) is 5.56. The van der Waals surface area contributed by atoms with Crippen molar-refractivity contribution in [3.63, 3.8) is 0 Å². The van der Waals surface area contributed by atoms with E-state index in [9.17, 15) is 0 Å². The van der Waals surface area contributed by atoms with Crippen LogP contribution in [0.4, 0.5) is 5.69 Å². The SMILES string of the molecule is CN1CCN(CCn2cc(N)c(-c3ccccn3)n2)CC1.Cl.Cl.Cl. The fourth-order valence-corrected chi connectivity index (χ4v) is 2.57. The third-order valence-corrected chi connectivity index (χ3v) is 3.94. The summed E-state index contributed by atoms with van der Waals surface area (Å²) in [5.74, 6) is 0. The van der Waals surface area contributed by atoms with Crippen molar-refractivity contribution in [3.8, 4) is 11.4 Å². The first-order valence-electron chi connectivity index (χ1n) is 7.37. The summed E-state index contributed by atoms with van der Waals surface area (Å²) in [4.78, 5) is 9.14. The molecule has 136 valence electrons. The van der Waals surface area contributed by atoms with Gasteiger partial charge in [-0.15, -0.1) is 37.2 Å². The van der Waals surface area contributed by atoms with Crippen LogP contribution >= 0.6 is 37.2 Å². The highest BCUT2D eigenvalue weighted by Gasteiger charge is 2.14. The summed E-state index contributed by atoms with van der Waals surface area (Å²) in [6.45, 7) is 6.40. The molecule has 0 atom stereocenters. The number of aromatic nitrogens is 3. The average molecular weight is 396 g/mol. The van der Waals surface area contributed by atoms with Crippen molar-refractivity contribution in [2.24, 2.45) is 0 Å². The van der Waals surface area contributed by atoms with Gasteiger partial charge in [0.25, 0.3) is 0 Å². The second kappa shape index (κ2) is 10.7. The normalized spacial score (nSPS) is 15.0. The van der Waals surface area contributed by atoms with Crippen LogP contribution in [0.3, 0.4) is 0 Å². The number of piperazine rings is 1. The van der Waals surface area contributed by atoms with Gasteiger partial charge in [0.1, 0.15) is 5.69 Å². The van der Waals surface area contributed by atoms with E-state index in [1.807, 2.05) is 29.1 Å². The molecule has 1 aliphatic rings. The average Bonchev–Trinajstić information content (AvgIpc) is 2.89. The lowest BCUT2D eigenvalue weighted by atomic mass is 10.2. The van der Waals surface area contributed by atoms with E-state index in [1.54, 1.807) is 6.20 Å². The van der Waals surface area contributed by atoms with Gasteiger partial charge in [-0.05, 0) is 19.2 Å². The van der Waals surface area contributed by atoms with E-state index in [4.69, 9.17) is 5.73 Å². The van der Waals surface area contributed by atoms with E-state index < -0.39 is 0 Å². The van der Waals surface area contributed by atoms with Gasteiger partial charge in [-0.25, -0.2) is 0 Å². The monoisotopic (exact) mass is 394 g/mol. The summed E-state index contributed by atoms with van der Waals surface area (Å²) in [5, 5.41) is 4.57. The molecule has 0 saturated carbocycles. The summed E-state index contributed by atoms with van der Waals surface area (Å²) < 4.78 is 1.93. The number of anilines is 1. The van der Waals surface area contributed by atoms with E-state index in [-0.39, 0.29) is 37.2 Å². The zero-order valence-corrected chi connectivity index (χ0v) is 16.1. The molecular formula is C15H25Cl3N6. The zero-order valence-electron chi connectivity index (χ0n) is 13.7. The first-order chi connectivity index (χ1) is 10.2. The van der Waals surface area contributed by atoms with Crippen molar-refractivity contribution < 1.29 is 0 Å². The molecule has 0 bridgehead atoms. The smallest absolute Gasteiger partial charge is 0.134 e. The highest BCUT2D eigenvalue weighted by atomic mass is 35.5. The number of rotatable bonds is 4. The molecule has 3 rings (SSSR count). The number of pyridine rings is 1. The van der Waals surface area contributed by atoms with Crippen LogP contribution < -0.4 is 5.73 Å². The standard InChI is InChI=1S/C15H22N6.3ClH/c1-19-6-8-20(9-7-19)10-11-21-12-13(16)15(18-21)14-4-2-3-5-17-14;;;/h2-5,12H,6-11,16H2,1H3;3*1H. The Morgan fingerprint density at radius 3 is 2.38 bits per heavy atom. The molecule has 0 spiro atoms. The Bertz CT molecular complexity index is 584. The van der Waals surface area contributed by atoms with Crippen molar-refractivity contribution in [2.45, 2.75) is 6.54 Å². The summed E-state index contributed by atoms with van der Waals surface area (Å²) in [5.41, 5.74) is 8.34. The molecule has 24 heavy (non-hydrogen) atoms. The number of nitrogen functional groups attached to an aromatic ring is 1. The molecule has 0 aliphatic carbocycles. The summed E-state index contributed by atoms with van der Waals surface area (Å²) in [6, 6.07) is 5.78. The van der Waals surface area contributed by atoms with Crippen LogP contribution in [0.2, 0.25) is 0 Å². The maximum absolute atomic E-state index is 6.06. The summed E-state index contributed by atoms with van der Waals surface area (Å²) >= 11 is 0. The van der Waals surface area contributed by atoms with Gasteiger partial charge < -0.3 is 10.6 Å². The van der Waals surface area contributed by atoms with Crippen molar-refractivity contribution in [2.75, 3.05) is 45.5 Å². The molecule has 0 aromatic carbocycles. The number of likely N-dealkylation sites (N-methyl/N-ethyl adjacent to an activating group) is 1. The van der Waals surface area contributed by atoms with Crippen LogP contribution in [0.15, 0.2) is 30.6 Å². The number of hydrogen-bond acceptors (Lipinski definition) is 5. The Balaban J connectivity index is 0.00000176. The molecule has 0 unspecified atom stereocenters. The van der Waals surface area contributed by atoms with E-state index in [0.29, 0.717) is 5.69 Å². The molecule has 1 fully saturated rings. The van der Waals surface area contributed by atoms with Crippen molar-refractivity contribution in [1.29, 1.82) is 0 Å². The molecule has 0 radical (unpaired) electrons. The van der Waals surface area contributed by atoms with Gasteiger partial charge in [-0.2, -0.15) is 5.10 Å². The Kier molecular flexibility index (Phi) is 10.3. The maximum Gasteiger partial charge on any atom is 0.134 e. The van der Waals surface area contributed by atoms with E-state index in [0.717, 1.165) is 50.7 Å². The van der Waals surface area contributed by atoms with E-state index in [2.05, 4.69) is 26.9 Å². The van der Waals surface area contributed by atoms with E-state index in [1.165, 1.54) is 0 Å². The highest BCUT2D eigenvalue weighted by molar-refractivity contribution is 5.86. The lowest BCUT2D eigenvalue weighted by Crippen LogP contribution is -2.45. The molecule has 1 aliphatic heterocycles.